The van der Waals surface area contributed by atoms with Crippen LogP contribution in [0.4, 0.5) is 0 Å². The maximum absolute atomic E-state index is 5.74. The summed E-state index contributed by atoms with van der Waals surface area (Å²) in [6.07, 6.45) is 8.18. The number of rotatable bonds is 3. The van der Waals surface area contributed by atoms with Crippen molar-refractivity contribution in [2.75, 3.05) is 19.7 Å². The summed E-state index contributed by atoms with van der Waals surface area (Å²) in [6, 6.07) is 0. The molecule has 19 heavy (non-hydrogen) atoms. The van der Waals surface area contributed by atoms with Crippen molar-refractivity contribution in [1.82, 2.24) is 15.3 Å². The van der Waals surface area contributed by atoms with Gasteiger partial charge >= 0.3 is 0 Å². The zero-order chi connectivity index (χ0) is 12.9. The topological polar surface area (TPSA) is 47.0 Å². The maximum Gasteiger partial charge on any atom is 0.233 e. The molecular weight excluding hydrogens is 238 g/mol. The predicted octanol–water partition coefficient (Wildman–Crippen LogP) is 1.62. The van der Waals surface area contributed by atoms with Crippen molar-refractivity contribution < 1.29 is 4.74 Å². The molecule has 1 aromatic rings. The zero-order valence-electron chi connectivity index (χ0n) is 11.1. The first-order valence-corrected chi connectivity index (χ1v) is 7.07. The van der Waals surface area contributed by atoms with Gasteiger partial charge in [0.1, 0.15) is 5.69 Å². The second-order valence-electron chi connectivity index (χ2n) is 5.29. The monoisotopic (exact) mass is 257 g/mol. The van der Waals surface area contributed by atoms with Crippen LogP contribution in [0.5, 0.6) is 5.88 Å². The van der Waals surface area contributed by atoms with E-state index < -0.39 is 0 Å². The van der Waals surface area contributed by atoms with E-state index in [1.807, 2.05) is 0 Å². The number of nitrogens with zero attached hydrogens (tertiary/aromatic N) is 2. The van der Waals surface area contributed by atoms with E-state index in [4.69, 9.17) is 4.74 Å². The van der Waals surface area contributed by atoms with Crippen molar-refractivity contribution in [3.05, 3.63) is 18.1 Å². The summed E-state index contributed by atoms with van der Waals surface area (Å²) in [5.74, 6) is 8.07. The lowest BCUT2D eigenvalue weighted by molar-refractivity contribution is 0.208. The summed E-state index contributed by atoms with van der Waals surface area (Å²) in [5.41, 5.74) is 0.717. The quantitative estimate of drug-likeness (QED) is 0.836. The summed E-state index contributed by atoms with van der Waals surface area (Å²) in [7, 11) is 0. The number of nitrogens with one attached hydrogen (secondary N) is 1. The molecule has 100 valence electrons. The Hall–Kier alpha value is -1.60. The van der Waals surface area contributed by atoms with Gasteiger partial charge in [-0.2, -0.15) is 0 Å². The molecule has 4 nitrogen and oxygen atoms in total. The van der Waals surface area contributed by atoms with Crippen molar-refractivity contribution in [2.24, 2.45) is 11.8 Å². The molecule has 0 atom stereocenters. The average molecular weight is 257 g/mol. The highest BCUT2D eigenvalue weighted by atomic mass is 16.5. The lowest BCUT2D eigenvalue weighted by Gasteiger charge is -2.22. The Kier molecular flexibility index (Phi) is 3.95. The van der Waals surface area contributed by atoms with Crippen LogP contribution in [0.2, 0.25) is 0 Å². The van der Waals surface area contributed by atoms with Crippen LogP contribution in [0.1, 0.15) is 31.4 Å². The molecule has 1 aliphatic carbocycles. The van der Waals surface area contributed by atoms with E-state index in [-0.39, 0.29) is 0 Å². The Balaban J connectivity index is 1.55. The summed E-state index contributed by atoms with van der Waals surface area (Å²) in [4.78, 5) is 8.53. The molecule has 0 bridgehead atoms. The molecule has 2 aliphatic rings. The SMILES string of the molecule is C(#CC1CC1)c1cncc(OCC2CCNCC2)n1. The van der Waals surface area contributed by atoms with Gasteiger partial charge in [0.15, 0.2) is 0 Å². The average Bonchev–Trinajstić information content (AvgIpc) is 3.29. The van der Waals surface area contributed by atoms with Gasteiger partial charge in [-0.25, -0.2) is 4.98 Å². The normalized spacial score (nSPS) is 19.6. The first kappa shape index (κ1) is 12.4. The highest BCUT2D eigenvalue weighted by Gasteiger charge is 2.18. The second kappa shape index (κ2) is 6.03. The Morgan fingerprint density at radius 2 is 2.05 bits per heavy atom. The van der Waals surface area contributed by atoms with E-state index >= 15 is 0 Å². The Morgan fingerprint density at radius 3 is 2.84 bits per heavy atom. The van der Waals surface area contributed by atoms with Crippen LogP contribution >= 0.6 is 0 Å². The second-order valence-corrected chi connectivity index (χ2v) is 5.29. The lowest BCUT2D eigenvalue weighted by atomic mass is 9.99. The molecule has 1 saturated heterocycles. The molecule has 2 heterocycles. The Bertz CT molecular complexity index is 482. The van der Waals surface area contributed by atoms with Gasteiger partial charge in [-0.1, -0.05) is 5.92 Å². The van der Waals surface area contributed by atoms with Crippen LogP contribution in [-0.2, 0) is 0 Å². The summed E-state index contributed by atoms with van der Waals surface area (Å²) < 4.78 is 5.74. The van der Waals surface area contributed by atoms with Gasteiger partial charge in [0.25, 0.3) is 0 Å². The molecule has 1 N–H and O–H groups in total. The third-order valence-electron chi connectivity index (χ3n) is 3.52. The minimum atomic E-state index is 0.584. The Labute approximate surface area is 114 Å². The van der Waals surface area contributed by atoms with E-state index in [1.54, 1.807) is 12.4 Å². The van der Waals surface area contributed by atoms with Gasteiger partial charge < -0.3 is 10.1 Å². The molecule has 4 heteroatoms. The van der Waals surface area contributed by atoms with Gasteiger partial charge in [-0.15, -0.1) is 0 Å². The van der Waals surface area contributed by atoms with Crippen LogP contribution in [0.3, 0.4) is 0 Å². The Morgan fingerprint density at radius 1 is 1.21 bits per heavy atom. The predicted molar refractivity (Wildman–Crippen MR) is 72.7 cm³/mol. The highest BCUT2D eigenvalue weighted by molar-refractivity contribution is 5.28. The van der Waals surface area contributed by atoms with Gasteiger partial charge in [0.2, 0.25) is 5.88 Å². The third kappa shape index (κ3) is 3.93. The fraction of sp³-hybridized carbons (Fsp3) is 0.600. The summed E-state index contributed by atoms with van der Waals surface area (Å²) in [5, 5.41) is 3.35. The molecule has 1 aliphatic heterocycles. The molecule has 2 fully saturated rings. The van der Waals surface area contributed by atoms with Crippen LogP contribution in [0.25, 0.3) is 0 Å². The van der Waals surface area contributed by atoms with Crippen molar-refractivity contribution >= 4 is 0 Å². The molecule has 0 aromatic carbocycles. The van der Waals surface area contributed by atoms with E-state index in [0.29, 0.717) is 17.7 Å². The smallest absolute Gasteiger partial charge is 0.233 e. The van der Waals surface area contributed by atoms with Gasteiger partial charge in [-0.3, -0.25) is 4.98 Å². The molecule has 1 aromatic heterocycles. The fourth-order valence-corrected chi connectivity index (χ4v) is 2.13. The molecule has 3 rings (SSSR count). The summed E-state index contributed by atoms with van der Waals surface area (Å²) >= 11 is 0. The summed E-state index contributed by atoms with van der Waals surface area (Å²) in [6.45, 7) is 2.91. The van der Waals surface area contributed by atoms with Crippen LogP contribution < -0.4 is 10.1 Å². The van der Waals surface area contributed by atoms with Crippen molar-refractivity contribution in [3.63, 3.8) is 0 Å². The molecule has 0 unspecified atom stereocenters. The number of piperidine rings is 1. The van der Waals surface area contributed by atoms with E-state index in [9.17, 15) is 0 Å². The van der Waals surface area contributed by atoms with Gasteiger partial charge in [0.05, 0.1) is 19.0 Å². The van der Waals surface area contributed by atoms with E-state index in [1.165, 1.54) is 25.7 Å². The highest BCUT2D eigenvalue weighted by Crippen LogP contribution is 2.27. The number of aromatic nitrogens is 2. The molecular formula is C15H19N3O. The number of hydrogen-bond donors (Lipinski definition) is 1. The number of hydrogen-bond acceptors (Lipinski definition) is 4. The lowest BCUT2D eigenvalue weighted by Crippen LogP contribution is -2.30. The maximum atomic E-state index is 5.74. The standard InChI is InChI=1S/C15H19N3O/c1-2-12(1)3-4-14-9-17-10-15(18-14)19-11-13-5-7-16-8-6-13/h9-10,12-13,16H,1-2,5-8,11H2. The van der Waals surface area contributed by atoms with E-state index in [2.05, 4.69) is 27.1 Å². The van der Waals surface area contributed by atoms with Gasteiger partial charge in [-0.05, 0) is 50.6 Å². The van der Waals surface area contributed by atoms with Gasteiger partial charge in [0, 0.05) is 5.92 Å². The molecule has 0 amide bonds. The molecule has 0 spiro atoms. The minimum Gasteiger partial charge on any atom is -0.476 e. The largest absolute Gasteiger partial charge is 0.476 e. The molecule has 1 saturated carbocycles. The minimum absolute atomic E-state index is 0.584. The van der Waals surface area contributed by atoms with Crippen LogP contribution in [-0.4, -0.2) is 29.7 Å². The third-order valence-corrected chi connectivity index (χ3v) is 3.52. The van der Waals surface area contributed by atoms with Crippen molar-refractivity contribution in [3.8, 4) is 17.7 Å². The van der Waals surface area contributed by atoms with Crippen molar-refractivity contribution in [1.29, 1.82) is 0 Å². The van der Waals surface area contributed by atoms with Crippen LogP contribution in [0, 0.1) is 23.7 Å². The fourth-order valence-electron chi connectivity index (χ4n) is 2.13. The first-order chi connectivity index (χ1) is 9.40. The first-order valence-electron chi connectivity index (χ1n) is 7.07. The van der Waals surface area contributed by atoms with Crippen molar-refractivity contribution in [2.45, 2.75) is 25.7 Å². The molecule has 0 radical (unpaired) electrons. The van der Waals surface area contributed by atoms with E-state index in [0.717, 1.165) is 25.4 Å². The van der Waals surface area contributed by atoms with Crippen LogP contribution in [0.15, 0.2) is 12.4 Å². The zero-order valence-corrected chi connectivity index (χ0v) is 11.1. The number of ether oxygens (including phenoxy) is 1.